The first kappa shape index (κ1) is 13.5. The van der Waals surface area contributed by atoms with Gasteiger partial charge in [0.1, 0.15) is 5.75 Å². The van der Waals surface area contributed by atoms with E-state index in [0.717, 1.165) is 39.3 Å². The molecule has 18 heavy (non-hydrogen) atoms. The van der Waals surface area contributed by atoms with Crippen LogP contribution in [0.2, 0.25) is 5.02 Å². The van der Waals surface area contributed by atoms with Gasteiger partial charge >= 0.3 is 0 Å². The summed E-state index contributed by atoms with van der Waals surface area (Å²) in [5.74, 6) is 0.710. The number of anilines is 1. The summed E-state index contributed by atoms with van der Waals surface area (Å²) in [6.45, 7) is 5.42. The largest absolute Gasteiger partial charge is 0.491 e. The molecule has 100 valence electrons. The Kier molecular flexibility index (Phi) is 5.11. The lowest BCUT2D eigenvalue weighted by Gasteiger charge is -2.26. The highest BCUT2D eigenvalue weighted by molar-refractivity contribution is 6.30. The first-order valence-corrected chi connectivity index (χ1v) is 6.61. The molecule has 0 saturated carbocycles. The molecule has 0 amide bonds. The zero-order chi connectivity index (χ0) is 12.8. The summed E-state index contributed by atoms with van der Waals surface area (Å²) >= 11 is 5.83. The molecule has 0 bridgehead atoms. The van der Waals surface area contributed by atoms with Crippen LogP contribution in [0, 0.1) is 0 Å². The normalized spacial score (nSPS) is 16.7. The quantitative estimate of drug-likeness (QED) is 0.657. The molecule has 1 aliphatic rings. The van der Waals surface area contributed by atoms with Gasteiger partial charge in [-0.1, -0.05) is 11.6 Å². The van der Waals surface area contributed by atoms with Gasteiger partial charge in [0.05, 0.1) is 25.5 Å². The fourth-order valence-corrected chi connectivity index (χ4v) is 2.13. The zero-order valence-electron chi connectivity index (χ0n) is 10.4. The number of nitrogen functional groups attached to an aromatic ring is 1. The number of hydrogen-bond acceptors (Lipinski definition) is 4. The second-order valence-corrected chi connectivity index (χ2v) is 4.77. The number of nitrogens with two attached hydrogens (primary N) is 1. The molecule has 0 atom stereocenters. The van der Waals surface area contributed by atoms with Crippen molar-refractivity contribution in [3.8, 4) is 5.75 Å². The second kappa shape index (κ2) is 6.83. The van der Waals surface area contributed by atoms with Gasteiger partial charge in [0.2, 0.25) is 0 Å². The van der Waals surface area contributed by atoms with Gasteiger partial charge in [0.15, 0.2) is 0 Å². The van der Waals surface area contributed by atoms with E-state index in [2.05, 4.69) is 4.90 Å². The van der Waals surface area contributed by atoms with Gasteiger partial charge < -0.3 is 15.2 Å². The Morgan fingerprint density at radius 1 is 1.33 bits per heavy atom. The van der Waals surface area contributed by atoms with E-state index < -0.39 is 0 Å². The maximum atomic E-state index is 5.83. The van der Waals surface area contributed by atoms with Gasteiger partial charge in [-0.15, -0.1) is 0 Å². The molecular formula is C13H19ClN2O2. The van der Waals surface area contributed by atoms with E-state index in [-0.39, 0.29) is 0 Å². The molecule has 2 rings (SSSR count). The van der Waals surface area contributed by atoms with Crippen molar-refractivity contribution in [3.63, 3.8) is 0 Å². The fraction of sp³-hybridized carbons (Fsp3) is 0.538. The summed E-state index contributed by atoms with van der Waals surface area (Å²) < 4.78 is 10.9. The molecule has 0 radical (unpaired) electrons. The van der Waals surface area contributed by atoms with Gasteiger partial charge in [0.25, 0.3) is 0 Å². The van der Waals surface area contributed by atoms with Gasteiger partial charge in [0, 0.05) is 24.7 Å². The Hall–Kier alpha value is -0.970. The van der Waals surface area contributed by atoms with Crippen LogP contribution in [0.3, 0.4) is 0 Å². The zero-order valence-corrected chi connectivity index (χ0v) is 11.2. The van der Waals surface area contributed by atoms with Crippen LogP contribution in [0.4, 0.5) is 5.69 Å². The molecule has 0 aromatic heterocycles. The third-order valence-electron chi connectivity index (χ3n) is 2.95. The Morgan fingerprint density at radius 3 is 2.83 bits per heavy atom. The molecule has 0 unspecified atom stereocenters. The molecule has 5 heteroatoms. The van der Waals surface area contributed by atoms with Crippen LogP contribution in [0.5, 0.6) is 5.75 Å². The van der Waals surface area contributed by atoms with E-state index in [9.17, 15) is 0 Å². The number of halogens is 1. The van der Waals surface area contributed by atoms with Crippen molar-refractivity contribution in [3.05, 3.63) is 23.2 Å². The summed E-state index contributed by atoms with van der Waals surface area (Å²) in [4.78, 5) is 2.39. The van der Waals surface area contributed by atoms with E-state index in [1.54, 1.807) is 12.1 Å². The minimum atomic E-state index is 0.592. The minimum absolute atomic E-state index is 0.592. The van der Waals surface area contributed by atoms with Crippen molar-refractivity contribution in [2.45, 2.75) is 6.42 Å². The monoisotopic (exact) mass is 270 g/mol. The van der Waals surface area contributed by atoms with Crippen LogP contribution in [-0.4, -0.2) is 44.4 Å². The van der Waals surface area contributed by atoms with Gasteiger partial charge in [-0.2, -0.15) is 0 Å². The van der Waals surface area contributed by atoms with Gasteiger partial charge in [-0.25, -0.2) is 0 Å². The summed E-state index contributed by atoms with van der Waals surface area (Å²) in [5.41, 5.74) is 6.40. The van der Waals surface area contributed by atoms with Crippen molar-refractivity contribution in [1.82, 2.24) is 4.90 Å². The number of benzene rings is 1. The van der Waals surface area contributed by atoms with Crippen LogP contribution in [0.15, 0.2) is 18.2 Å². The highest BCUT2D eigenvalue weighted by Crippen LogP contribution is 2.24. The maximum absolute atomic E-state index is 5.83. The molecule has 2 N–H and O–H groups in total. The van der Waals surface area contributed by atoms with Gasteiger partial charge in [-0.3, -0.25) is 4.90 Å². The predicted octanol–water partition coefficient (Wildman–Crippen LogP) is 2.02. The molecule has 1 aromatic carbocycles. The van der Waals surface area contributed by atoms with Gasteiger partial charge in [-0.05, 0) is 24.6 Å². The smallest absolute Gasteiger partial charge is 0.142 e. The highest BCUT2D eigenvalue weighted by Gasteiger charge is 2.09. The summed E-state index contributed by atoms with van der Waals surface area (Å²) in [7, 11) is 0. The van der Waals surface area contributed by atoms with Crippen LogP contribution < -0.4 is 10.5 Å². The number of ether oxygens (including phenoxy) is 2. The number of morpholine rings is 1. The average molecular weight is 271 g/mol. The van der Waals surface area contributed by atoms with Crippen molar-refractivity contribution < 1.29 is 9.47 Å². The summed E-state index contributed by atoms with van der Waals surface area (Å²) in [6, 6.07) is 5.31. The Labute approximate surface area is 113 Å². The van der Waals surface area contributed by atoms with Crippen LogP contribution >= 0.6 is 11.6 Å². The molecule has 1 saturated heterocycles. The first-order valence-electron chi connectivity index (χ1n) is 6.23. The summed E-state index contributed by atoms with van der Waals surface area (Å²) in [6.07, 6.45) is 0.988. The van der Waals surface area contributed by atoms with E-state index >= 15 is 0 Å². The topological polar surface area (TPSA) is 47.7 Å². The molecule has 0 spiro atoms. The van der Waals surface area contributed by atoms with Crippen LogP contribution in [-0.2, 0) is 4.74 Å². The minimum Gasteiger partial charge on any atom is -0.491 e. The Morgan fingerprint density at radius 2 is 2.11 bits per heavy atom. The van der Waals surface area contributed by atoms with Crippen molar-refractivity contribution in [2.75, 3.05) is 45.2 Å². The van der Waals surface area contributed by atoms with E-state index in [0.29, 0.717) is 23.1 Å². The van der Waals surface area contributed by atoms with E-state index in [1.807, 2.05) is 6.07 Å². The molecule has 4 nitrogen and oxygen atoms in total. The number of rotatable bonds is 5. The molecule has 1 aromatic rings. The Balaban J connectivity index is 1.68. The lowest BCUT2D eigenvalue weighted by atomic mass is 10.3. The standard InChI is InChI=1S/C13H19ClN2O2/c14-11-2-3-13(12(15)10-11)18-7-1-4-16-5-8-17-9-6-16/h2-3,10H,1,4-9,15H2. The lowest BCUT2D eigenvalue weighted by molar-refractivity contribution is 0.0358. The van der Waals surface area contributed by atoms with Crippen molar-refractivity contribution in [2.24, 2.45) is 0 Å². The molecular weight excluding hydrogens is 252 g/mol. The fourth-order valence-electron chi connectivity index (χ4n) is 1.95. The van der Waals surface area contributed by atoms with E-state index in [4.69, 9.17) is 26.8 Å². The predicted molar refractivity (Wildman–Crippen MR) is 73.2 cm³/mol. The van der Waals surface area contributed by atoms with Crippen molar-refractivity contribution in [1.29, 1.82) is 0 Å². The SMILES string of the molecule is Nc1cc(Cl)ccc1OCCCN1CCOCC1. The number of nitrogens with zero attached hydrogens (tertiary/aromatic N) is 1. The number of hydrogen-bond donors (Lipinski definition) is 1. The molecule has 1 heterocycles. The lowest BCUT2D eigenvalue weighted by Crippen LogP contribution is -2.37. The molecule has 1 fully saturated rings. The molecule has 0 aliphatic carbocycles. The molecule has 1 aliphatic heterocycles. The van der Waals surface area contributed by atoms with Crippen LogP contribution in [0.25, 0.3) is 0 Å². The van der Waals surface area contributed by atoms with Crippen LogP contribution in [0.1, 0.15) is 6.42 Å². The van der Waals surface area contributed by atoms with E-state index in [1.165, 1.54) is 0 Å². The second-order valence-electron chi connectivity index (χ2n) is 4.34. The third-order valence-corrected chi connectivity index (χ3v) is 3.19. The Bertz CT molecular complexity index is 381. The highest BCUT2D eigenvalue weighted by atomic mass is 35.5. The van der Waals surface area contributed by atoms with Crippen molar-refractivity contribution >= 4 is 17.3 Å². The average Bonchev–Trinajstić information content (AvgIpc) is 2.38. The maximum Gasteiger partial charge on any atom is 0.142 e. The summed E-state index contributed by atoms with van der Waals surface area (Å²) in [5, 5.41) is 0.633. The first-order chi connectivity index (χ1) is 8.75. The third kappa shape index (κ3) is 4.05.